The van der Waals surface area contributed by atoms with Gasteiger partial charge in [0, 0.05) is 6.08 Å². The van der Waals surface area contributed by atoms with E-state index < -0.39 is 0 Å². The summed E-state index contributed by atoms with van der Waals surface area (Å²) in [6.45, 7) is 4.46. The monoisotopic (exact) mass is 325 g/mol. The second-order valence-corrected chi connectivity index (χ2v) is 5.56. The summed E-state index contributed by atoms with van der Waals surface area (Å²) < 4.78 is 10.9. The van der Waals surface area contributed by atoms with Gasteiger partial charge in [0.1, 0.15) is 12.4 Å². The maximum Gasteiger partial charge on any atom is 0.331 e. The van der Waals surface area contributed by atoms with Crippen LogP contribution in [0.25, 0.3) is 6.08 Å². The number of rotatable bonds is 8. The smallest absolute Gasteiger partial charge is 0.331 e. The Morgan fingerprint density at radius 3 is 2.67 bits per heavy atom. The molecule has 2 aromatic rings. The minimum atomic E-state index is -0.345. The van der Waals surface area contributed by atoms with Gasteiger partial charge in [-0.05, 0) is 37.1 Å². The van der Waals surface area contributed by atoms with Crippen molar-refractivity contribution in [2.45, 2.75) is 39.4 Å². The van der Waals surface area contributed by atoms with Crippen molar-refractivity contribution >= 4 is 12.0 Å². The van der Waals surface area contributed by atoms with E-state index in [0.717, 1.165) is 18.4 Å². The lowest BCUT2D eigenvalue weighted by Crippen LogP contribution is -2.12. The third-order valence-corrected chi connectivity index (χ3v) is 3.41. The Balaban J connectivity index is 1.83. The predicted molar refractivity (Wildman–Crippen MR) is 94.5 cm³/mol. The predicted octanol–water partition coefficient (Wildman–Crippen LogP) is 4.41. The lowest BCUT2D eigenvalue weighted by atomic mass is 10.2. The molecule has 24 heavy (non-hydrogen) atoms. The van der Waals surface area contributed by atoms with Crippen LogP contribution in [0, 0.1) is 0 Å². The fourth-order valence-corrected chi connectivity index (χ4v) is 2.17. The maximum atomic E-state index is 11.7. The molecule has 0 radical (unpaired) electrons. The average Bonchev–Trinajstić information content (AvgIpc) is 2.60. The van der Waals surface area contributed by atoms with Gasteiger partial charge in [0.15, 0.2) is 0 Å². The van der Waals surface area contributed by atoms with Crippen LogP contribution < -0.4 is 4.74 Å². The molecule has 0 aliphatic carbocycles. The van der Waals surface area contributed by atoms with Crippen molar-refractivity contribution in [1.82, 2.24) is 4.98 Å². The molecule has 0 spiro atoms. The molecule has 4 nitrogen and oxygen atoms in total. The molecule has 0 N–H and O–H groups in total. The van der Waals surface area contributed by atoms with E-state index in [1.54, 1.807) is 18.3 Å². The summed E-state index contributed by atoms with van der Waals surface area (Å²) in [5, 5.41) is 0. The normalized spacial score (nSPS) is 12.1. The van der Waals surface area contributed by atoms with Crippen LogP contribution in [-0.2, 0) is 16.1 Å². The zero-order valence-electron chi connectivity index (χ0n) is 14.1. The molecule has 0 saturated heterocycles. The van der Waals surface area contributed by atoms with Crippen LogP contribution in [0.1, 0.15) is 37.9 Å². The first-order valence-electron chi connectivity index (χ1n) is 8.19. The lowest BCUT2D eigenvalue weighted by Gasteiger charge is -2.09. The van der Waals surface area contributed by atoms with Gasteiger partial charge in [0.2, 0.25) is 0 Å². The molecule has 1 aromatic carbocycles. The quantitative estimate of drug-likeness (QED) is 0.533. The summed E-state index contributed by atoms with van der Waals surface area (Å²) in [4.78, 5) is 15.9. The van der Waals surface area contributed by atoms with Crippen molar-refractivity contribution < 1.29 is 14.3 Å². The third-order valence-electron chi connectivity index (χ3n) is 3.41. The zero-order chi connectivity index (χ0) is 17.2. The van der Waals surface area contributed by atoms with Crippen molar-refractivity contribution in [3.63, 3.8) is 0 Å². The largest absolute Gasteiger partial charge is 0.487 e. The maximum absolute atomic E-state index is 11.7. The van der Waals surface area contributed by atoms with Crippen LogP contribution in [0.15, 0.2) is 54.7 Å². The number of hydrogen-bond donors (Lipinski definition) is 0. The van der Waals surface area contributed by atoms with Gasteiger partial charge in [-0.1, -0.05) is 43.7 Å². The standard InChI is InChI=1S/C20H23NO3/c1-3-7-16(2)24-20(22)13-11-18-10-12-19(14-21-18)23-15-17-8-5-4-6-9-17/h4-6,8-14,16H,3,7,15H2,1-2H3/b13-11-. The van der Waals surface area contributed by atoms with E-state index >= 15 is 0 Å². The van der Waals surface area contributed by atoms with Crippen molar-refractivity contribution in [2.75, 3.05) is 0 Å². The van der Waals surface area contributed by atoms with Crippen molar-refractivity contribution in [3.8, 4) is 5.75 Å². The van der Waals surface area contributed by atoms with E-state index in [9.17, 15) is 4.79 Å². The molecular formula is C20H23NO3. The van der Waals surface area contributed by atoms with Crippen LogP contribution in [0.5, 0.6) is 5.75 Å². The van der Waals surface area contributed by atoms with E-state index in [2.05, 4.69) is 11.9 Å². The number of carbonyl (C=O) groups excluding carboxylic acids is 1. The number of hydrogen-bond acceptors (Lipinski definition) is 4. The molecule has 0 aliphatic rings. The highest BCUT2D eigenvalue weighted by Gasteiger charge is 2.05. The number of esters is 1. The van der Waals surface area contributed by atoms with Gasteiger partial charge in [0.25, 0.3) is 0 Å². The summed E-state index contributed by atoms with van der Waals surface area (Å²) in [7, 11) is 0. The molecular weight excluding hydrogens is 302 g/mol. The molecule has 0 amide bonds. The van der Waals surface area contributed by atoms with Crippen molar-refractivity contribution in [2.24, 2.45) is 0 Å². The molecule has 0 aliphatic heterocycles. The second kappa shape index (κ2) is 9.50. The van der Waals surface area contributed by atoms with Gasteiger partial charge >= 0.3 is 5.97 Å². The third kappa shape index (κ3) is 6.24. The number of ether oxygens (including phenoxy) is 2. The summed E-state index contributed by atoms with van der Waals surface area (Å²) >= 11 is 0. The Bertz CT molecular complexity index is 650. The molecule has 1 aromatic heterocycles. The Morgan fingerprint density at radius 1 is 1.21 bits per heavy atom. The van der Waals surface area contributed by atoms with Crippen molar-refractivity contribution in [1.29, 1.82) is 0 Å². The van der Waals surface area contributed by atoms with Crippen molar-refractivity contribution in [3.05, 3.63) is 66.0 Å². The topological polar surface area (TPSA) is 48.4 Å². The Labute approximate surface area is 143 Å². The second-order valence-electron chi connectivity index (χ2n) is 5.56. The summed E-state index contributed by atoms with van der Waals surface area (Å²) in [5.74, 6) is 0.345. The van der Waals surface area contributed by atoms with E-state index in [4.69, 9.17) is 9.47 Å². The molecule has 1 atom stereocenters. The van der Waals surface area contributed by atoms with Gasteiger partial charge in [-0.2, -0.15) is 0 Å². The molecule has 0 fully saturated rings. The molecule has 1 heterocycles. The fraction of sp³-hybridized carbons (Fsp3) is 0.300. The van der Waals surface area contributed by atoms with Crippen LogP contribution in [0.4, 0.5) is 0 Å². The molecule has 2 rings (SSSR count). The zero-order valence-corrected chi connectivity index (χ0v) is 14.1. The molecule has 1 unspecified atom stereocenters. The van der Waals surface area contributed by atoms with Gasteiger partial charge in [-0.3, -0.25) is 4.98 Å². The van der Waals surface area contributed by atoms with E-state index in [1.807, 2.05) is 43.3 Å². The number of benzene rings is 1. The van der Waals surface area contributed by atoms with Crippen LogP contribution in [-0.4, -0.2) is 17.1 Å². The van der Waals surface area contributed by atoms with E-state index in [0.29, 0.717) is 18.1 Å². The first-order valence-corrected chi connectivity index (χ1v) is 8.19. The molecule has 0 saturated carbocycles. The Kier molecular flexibility index (Phi) is 7.02. The Morgan fingerprint density at radius 2 is 2.00 bits per heavy atom. The van der Waals surface area contributed by atoms with Gasteiger partial charge in [0.05, 0.1) is 18.0 Å². The summed E-state index contributed by atoms with van der Waals surface area (Å²) in [6, 6.07) is 13.6. The minimum absolute atomic E-state index is 0.0612. The number of carbonyl (C=O) groups is 1. The van der Waals surface area contributed by atoms with Gasteiger partial charge in [-0.25, -0.2) is 4.79 Å². The number of nitrogens with zero attached hydrogens (tertiary/aromatic N) is 1. The first kappa shape index (κ1) is 17.7. The molecule has 0 bridgehead atoms. The number of pyridine rings is 1. The SMILES string of the molecule is CCCC(C)OC(=O)/C=C\c1ccc(OCc2ccccc2)cn1. The summed E-state index contributed by atoms with van der Waals surface area (Å²) in [6.07, 6.45) is 6.48. The number of aromatic nitrogens is 1. The fourth-order valence-electron chi connectivity index (χ4n) is 2.17. The van der Waals surface area contributed by atoms with Gasteiger partial charge in [-0.15, -0.1) is 0 Å². The highest BCUT2D eigenvalue weighted by atomic mass is 16.5. The molecule has 126 valence electrons. The highest BCUT2D eigenvalue weighted by molar-refractivity contribution is 5.86. The highest BCUT2D eigenvalue weighted by Crippen LogP contribution is 2.12. The minimum Gasteiger partial charge on any atom is -0.487 e. The van der Waals surface area contributed by atoms with Gasteiger partial charge < -0.3 is 9.47 Å². The average molecular weight is 325 g/mol. The van der Waals surface area contributed by atoms with E-state index in [1.165, 1.54) is 6.08 Å². The summed E-state index contributed by atoms with van der Waals surface area (Å²) in [5.41, 5.74) is 1.78. The Hall–Kier alpha value is -2.62. The lowest BCUT2D eigenvalue weighted by molar-refractivity contribution is -0.142. The van der Waals surface area contributed by atoms with Crippen LogP contribution in [0.2, 0.25) is 0 Å². The molecule has 4 heteroatoms. The first-order chi connectivity index (χ1) is 11.7. The van der Waals surface area contributed by atoms with Crippen LogP contribution in [0.3, 0.4) is 0 Å². The van der Waals surface area contributed by atoms with Crippen LogP contribution >= 0.6 is 0 Å². The van der Waals surface area contributed by atoms with E-state index in [-0.39, 0.29) is 12.1 Å².